The van der Waals surface area contributed by atoms with Crippen molar-refractivity contribution in [2.75, 3.05) is 31.7 Å². The van der Waals surface area contributed by atoms with E-state index < -0.39 is 11.4 Å². The summed E-state index contributed by atoms with van der Waals surface area (Å²) in [5.41, 5.74) is 0.154. The Bertz CT molecular complexity index is 675. The second-order valence-electron chi connectivity index (χ2n) is 5.69. The highest BCUT2D eigenvalue weighted by Crippen LogP contribution is 2.38. The first-order valence-corrected chi connectivity index (χ1v) is 8.20. The Morgan fingerprint density at radius 2 is 2.41 bits per heavy atom. The molecular formula is C15H19N3O3S. The summed E-state index contributed by atoms with van der Waals surface area (Å²) >= 11 is 1.60. The number of carbonyl (C=O) groups is 1. The Hall–Kier alpha value is -1.73. The number of nitrogens with zero attached hydrogens (tertiary/aromatic N) is 3. The molecule has 0 spiro atoms. The number of aliphatic carboxylic acids is 1. The number of ether oxygens (including phenoxy) is 1. The highest BCUT2D eigenvalue weighted by Gasteiger charge is 2.42. The number of carboxylic acid groups (broad SMARTS) is 1. The number of thiophene rings is 1. The number of rotatable bonds is 5. The van der Waals surface area contributed by atoms with Crippen molar-refractivity contribution < 1.29 is 14.6 Å². The van der Waals surface area contributed by atoms with Crippen molar-refractivity contribution in [3.63, 3.8) is 0 Å². The third kappa shape index (κ3) is 2.66. The van der Waals surface area contributed by atoms with Crippen molar-refractivity contribution in [3.05, 3.63) is 17.8 Å². The van der Waals surface area contributed by atoms with Crippen molar-refractivity contribution in [2.24, 2.45) is 5.41 Å². The van der Waals surface area contributed by atoms with Crippen LogP contribution in [0, 0.1) is 5.41 Å². The molecule has 0 saturated carbocycles. The minimum atomic E-state index is -0.761. The molecule has 7 heteroatoms. The highest BCUT2D eigenvalue weighted by atomic mass is 32.1. The maximum Gasteiger partial charge on any atom is 0.311 e. The first kappa shape index (κ1) is 15.2. The van der Waals surface area contributed by atoms with E-state index in [1.54, 1.807) is 24.8 Å². The summed E-state index contributed by atoms with van der Waals surface area (Å²) in [6.45, 7) is 1.75. The zero-order valence-corrected chi connectivity index (χ0v) is 13.3. The van der Waals surface area contributed by atoms with Gasteiger partial charge in [0.15, 0.2) is 0 Å². The predicted octanol–water partition coefficient (Wildman–Crippen LogP) is 2.40. The fourth-order valence-electron chi connectivity index (χ4n) is 3.10. The van der Waals surface area contributed by atoms with E-state index in [1.165, 1.54) is 0 Å². The van der Waals surface area contributed by atoms with Crippen LogP contribution in [0.4, 0.5) is 5.82 Å². The van der Waals surface area contributed by atoms with Gasteiger partial charge in [0, 0.05) is 26.8 Å². The minimum absolute atomic E-state index is 0.457. The summed E-state index contributed by atoms with van der Waals surface area (Å²) < 4.78 is 6.14. The SMILES string of the molecule is COCCC1(C(=O)O)CCCN(c2ncnc3ccsc23)C1. The van der Waals surface area contributed by atoms with Gasteiger partial charge < -0.3 is 14.7 Å². The Labute approximate surface area is 132 Å². The maximum atomic E-state index is 11.9. The Morgan fingerprint density at radius 1 is 1.55 bits per heavy atom. The second-order valence-corrected chi connectivity index (χ2v) is 6.60. The summed E-state index contributed by atoms with van der Waals surface area (Å²) in [4.78, 5) is 22.6. The largest absolute Gasteiger partial charge is 0.481 e. The zero-order valence-electron chi connectivity index (χ0n) is 12.5. The summed E-state index contributed by atoms with van der Waals surface area (Å²) in [6, 6.07) is 1.96. The molecule has 1 atom stereocenters. The lowest BCUT2D eigenvalue weighted by molar-refractivity contribution is -0.150. The van der Waals surface area contributed by atoms with E-state index >= 15 is 0 Å². The molecule has 1 aliphatic rings. The fraction of sp³-hybridized carbons (Fsp3) is 0.533. The van der Waals surface area contributed by atoms with E-state index in [0.717, 1.165) is 29.0 Å². The van der Waals surface area contributed by atoms with E-state index in [1.807, 2.05) is 11.4 Å². The van der Waals surface area contributed by atoms with Gasteiger partial charge in [-0.1, -0.05) is 0 Å². The molecule has 2 aromatic rings. The molecule has 1 fully saturated rings. The first-order valence-electron chi connectivity index (χ1n) is 7.32. The van der Waals surface area contributed by atoms with Crippen LogP contribution in [0.5, 0.6) is 0 Å². The third-order valence-corrected chi connectivity index (χ3v) is 5.24. The lowest BCUT2D eigenvalue weighted by Crippen LogP contribution is -2.48. The number of fused-ring (bicyclic) bond motifs is 1. The van der Waals surface area contributed by atoms with Gasteiger partial charge in [-0.05, 0) is 30.7 Å². The number of piperidine rings is 1. The molecule has 0 aromatic carbocycles. The summed E-state index contributed by atoms with van der Waals surface area (Å²) in [6.07, 6.45) is 3.60. The van der Waals surface area contributed by atoms with Gasteiger partial charge in [-0.25, -0.2) is 9.97 Å². The molecule has 1 saturated heterocycles. The van der Waals surface area contributed by atoms with Gasteiger partial charge in [-0.2, -0.15) is 0 Å². The van der Waals surface area contributed by atoms with E-state index in [-0.39, 0.29) is 0 Å². The number of carboxylic acids is 1. The van der Waals surface area contributed by atoms with Gasteiger partial charge in [0.05, 0.1) is 15.6 Å². The van der Waals surface area contributed by atoms with Crippen molar-refractivity contribution in [3.8, 4) is 0 Å². The molecule has 0 aliphatic carbocycles. The monoisotopic (exact) mass is 321 g/mol. The van der Waals surface area contributed by atoms with Crippen molar-refractivity contribution in [1.29, 1.82) is 0 Å². The molecule has 0 bridgehead atoms. The molecule has 6 nitrogen and oxygen atoms in total. The average molecular weight is 321 g/mol. The molecule has 1 N–H and O–H groups in total. The lowest BCUT2D eigenvalue weighted by Gasteiger charge is -2.40. The molecule has 2 aromatic heterocycles. The molecule has 0 amide bonds. The van der Waals surface area contributed by atoms with Crippen molar-refractivity contribution in [2.45, 2.75) is 19.3 Å². The summed E-state index contributed by atoms with van der Waals surface area (Å²) in [7, 11) is 1.61. The quantitative estimate of drug-likeness (QED) is 0.911. The Morgan fingerprint density at radius 3 is 3.18 bits per heavy atom. The van der Waals surface area contributed by atoms with Gasteiger partial charge in [-0.15, -0.1) is 11.3 Å². The van der Waals surface area contributed by atoms with Gasteiger partial charge in [0.1, 0.15) is 12.1 Å². The topological polar surface area (TPSA) is 75.6 Å². The van der Waals surface area contributed by atoms with Crippen LogP contribution in [0.3, 0.4) is 0 Å². The van der Waals surface area contributed by atoms with Crippen molar-refractivity contribution >= 4 is 33.3 Å². The molecule has 1 unspecified atom stereocenters. The van der Waals surface area contributed by atoms with Crippen LogP contribution in [-0.4, -0.2) is 47.8 Å². The summed E-state index contributed by atoms with van der Waals surface area (Å²) in [5, 5.41) is 11.7. The Kier molecular flexibility index (Phi) is 4.26. The van der Waals surface area contributed by atoms with E-state index in [4.69, 9.17) is 4.74 Å². The fourth-order valence-corrected chi connectivity index (χ4v) is 3.96. The van der Waals surface area contributed by atoms with Crippen LogP contribution in [0.25, 0.3) is 10.2 Å². The van der Waals surface area contributed by atoms with E-state index in [0.29, 0.717) is 26.0 Å². The molecule has 3 rings (SSSR count). The van der Waals surface area contributed by atoms with Crippen LogP contribution < -0.4 is 4.90 Å². The zero-order chi connectivity index (χ0) is 15.6. The molecule has 1 aliphatic heterocycles. The Balaban J connectivity index is 1.91. The predicted molar refractivity (Wildman–Crippen MR) is 85.4 cm³/mol. The smallest absolute Gasteiger partial charge is 0.311 e. The molecule has 3 heterocycles. The van der Waals surface area contributed by atoms with E-state index in [9.17, 15) is 9.90 Å². The highest BCUT2D eigenvalue weighted by molar-refractivity contribution is 7.17. The normalized spacial score (nSPS) is 22.1. The molecular weight excluding hydrogens is 302 g/mol. The van der Waals surface area contributed by atoms with Crippen LogP contribution in [0.2, 0.25) is 0 Å². The molecule has 118 valence electrons. The standard InChI is InChI=1S/C15H19N3O3S/c1-21-7-5-15(14(19)20)4-2-6-18(9-15)13-12-11(3-8-22-12)16-10-17-13/h3,8,10H,2,4-7,9H2,1H3,(H,19,20). The molecule has 22 heavy (non-hydrogen) atoms. The van der Waals surface area contributed by atoms with Crippen molar-refractivity contribution in [1.82, 2.24) is 9.97 Å². The van der Waals surface area contributed by atoms with Crippen LogP contribution in [0.15, 0.2) is 17.8 Å². The number of aromatic nitrogens is 2. The van der Waals surface area contributed by atoms with Crippen LogP contribution >= 0.6 is 11.3 Å². The number of anilines is 1. The van der Waals surface area contributed by atoms with Gasteiger partial charge in [0.25, 0.3) is 0 Å². The van der Waals surface area contributed by atoms with Crippen LogP contribution in [0.1, 0.15) is 19.3 Å². The summed E-state index contributed by atoms with van der Waals surface area (Å²) in [5.74, 6) is 0.105. The van der Waals surface area contributed by atoms with Crippen LogP contribution in [-0.2, 0) is 9.53 Å². The average Bonchev–Trinajstić information content (AvgIpc) is 3.01. The van der Waals surface area contributed by atoms with Gasteiger partial charge in [0.2, 0.25) is 0 Å². The maximum absolute atomic E-state index is 11.9. The van der Waals surface area contributed by atoms with Gasteiger partial charge >= 0.3 is 5.97 Å². The minimum Gasteiger partial charge on any atom is -0.481 e. The number of hydrogen-bond donors (Lipinski definition) is 1. The molecule has 0 radical (unpaired) electrons. The van der Waals surface area contributed by atoms with E-state index in [2.05, 4.69) is 14.9 Å². The lowest BCUT2D eigenvalue weighted by atomic mass is 9.77. The second kappa shape index (κ2) is 6.18. The first-order chi connectivity index (χ1) is 10.7. The third-order valence-electron chi connectivity index (χ3n) is 4.34. The van der Waals surface area contributed by atoms with Gasteiger partial charge in [-0.3, -0.25) is 4.79 Å². The number of hydrogen-bond acceptors (Lipinski definition) is 6. The number of methoxy groups -OCH3 is 1.